The van der Waals surface area contributed by atoms with Crippen LogP contribution >= 0.6 is 0 Å². The summed E-state index contributed by atoms with van der Waals surface area (Å²) >= 11 is 0. The fourth-order valence-electron chi connectivity index (χ4n) is 3.18. The molecule has 0 atom stereocenters. The van der Waals surface area contributed by atoms with Gasteiger partial charge in [0.25, 0.3) is 5.91 Å². The quantitative estimate of drug-likeness (QED) is 0.640. The highest BCUT2D eigenvalue weighted by molar-refractivity contribution is 7.89. The van der Waals surface area contributed by atoms with Crippen molar-refractivity contribution in [2.24, 2.45) is 0 Å². The first kappa shape index (κ1) is 21.8. The fraction of sp³-hybridized carbons (Fsp3) is 0.632. The highest BCUT2D eigenvalue weighted by Crippen LogP contribution is 2.21. The van der Waals surface area contributed by atoms with Gasteiger partial charge in [0.2, 0.25) is 10.0 Å². The molecule has 1 saturated heterocycles. The summed E-state index contributed by atoms with van der Waals surface area (Å²) in [6, 6.07) is 3.19. The third-order valence-corrected chi connectivity index (χ3v) is 6.76. The Hall–Kier alpha value is -1.48. The molecule has 7 nitrogen and oxygen atoms in total. The number of unbranched alkanes of at least 4 members (excludes halogenated alkanes) is 1. The van der Waals surface area contributed by atoms with Crippen molar-refractivity contribution in [3.05, 3.63) is 28.8 Å². The van der Waals surface area contributed by atoms with Gasteiger partial charge in [-0.3, -0.25) is 4.79 Å². The molecule has 1 aromatic carbocycles. The van der Waals surface area contributed by atoms with E-state index in [0.717, 1.165) is 51.1 Å². The molecule has 1 aromatic rings. The molecule has 0 spiro atoms. The Balaban J connectivity index is 1.85. The second-order valence-electron chi connectivity index (χ2n) is 7.23. The predicted octanol–water partition coefficient (Wildman–Crippen LogP) is 0.969. The van der Waals surface area contributed by atoms with Gasteiger partial charge >= 0.3 is 0 Å². The van der Waals surface area contributed by atoms with Gasteiger partial charge < -0.3 is 15.1 Å². The number of likely N-dealkylation sites (N-methyl/N-ethyl adjacent to an activating group) is 1. The normalized spacial score (nSPS) is 16.4. The van der Waals surface area contributed by atoms with Crippen molar-refractivity contribution >= 4 is 15.9 Å². The SMILES string of the molecule is CNS(=O)(=O)c1cc(C(=O)NCCCCN2CCN(C)CC2)cc(C)c1C. The van der Waals surface area contributed by atoms with Gasteiger partial charge in [0.05, 0.1) is 4.90 Å². The first-order chi connectivity index (χ1) is 12.7. The van der Waals surface area contributed by atoms with E-state index in [-0.39, 0.29) is 10.8 Å². The summed E-state index contributed by atoms with van der Waals surface area (Å²) in [5.41, 5.74) is 1.82. The number of hydrogen-bond donors (Lipinski definition) is 2. The van der Waals surface area contributed by atoms with Gasteiger partial charge in [-0.2, -0.15) is 0 Å². The van der Waals surface area contributed by atoms with Crippen molar-refractivity contribution < 1.29 is 13.2 Å². The fourth-order valence-corrected chi connectivity index (χ4v) is 4.25. The third kappa shape index (κ3) is 6.00. The van der Waals surface area contributed by atoms with Gasteiger partial charge in [-0.1, -0.05) is 0 Å². The molecule has 2 rings (SSSR count). The molecule has 0 bridgehead atoms. The molecular weight excluding hydrogens is 364 g/mol. The lowest BCUT2D eigenvalue weighted by atomic mass is 10.1. The lowest BCUT2D eigenvalue weighted by Crippen LogP contribution is -2.44. The molecule has 0 aromatic heterocycles. The van der Waals surface area contributed by atoms with Crippen molar-refractivity contribution in [1.82, 2.24) is 19.8 Å². The number of benzene rings is 1. The maximum absolute atomic E-state index is 12.4. The molecule has 152 valence electrons. The number of nitrogens with zero attached hydrogens (tertiary/aromatic N) is 2. The van der Waals surface area contributed by atoms with E-state index in [2.05, 4.69) is 26.9 Å². The number of carbonyl (C=O) groups excluding carboxylic acids is 1. The zero-order valence-corrected chi connectivity index (χ0v) is 17.7. The van der Waals surface area contributed by atoms with E-state index in [1.54, 1.807) is 13.0 Å². The van der Waals surface area contributed by atoms with E-state index in [0.29, 0.717) is 17.7 Å². The first-order valence-electron chi connectivity index (χ1n) is 9.48. The van der Waals surface area contributed by atoms with Gasteiger partial charge in [0.1, 0.15) is 0 Å². The Bertz CT molecular complexity index is 756. The average molecular weight is 397 g/mol. The van der Waals surface area contributed by atoms with Crippen molar-refractivity contribution in [2.45, 2.75) is 31.6 Å². The summed E-state index contributed by atoms with van der Waals surface area (Å²) in [5.74, 6) is -0.231. The molecular formula is C19H32N4O3S. The summed E-state index contributed by atoms with van der Waals surface area (Å²) in [5, 5.41) is 2.91. The molecule has 0 unspecified atom stereocenters. The molecule has 1 fully saturated rings. The lowest BCUT2D eigenvalue weighted by molar-refractivity contribution is 0.0951. The minimum atomic E-state index is -3.59. The Morgan fingerprint density at radius 1 is 1.11 bits per heavy atom. The number of nitrogens with one attached hydrogen (secondary N) is 2. The summed E-state index contributed by atoms with van der Waals surface area (Å²) in [7, 11) is -0.0739. The van der Waals surface area contributed by atoms with E-state index >= 15 is 0 Å². The average Bonchev–Trinajstić information content (AvgIpc) is 2.64. The molecule has 0 radical (unpaired) electrons. The van der Waals surface area contributed by atoms with Crippen LogP contribution in [0, 0.1) is 13.8 Å². The summed E-state index contributed by atoms with van der Waals surface area (Å²) in [6.07, 6.45) is 1.95. The van der Waals surface area contributed by atoms with Crippen LogP contribution in [0.1, 0.15) is 34.3 Å². The highest BCUT2D eigenvalue weighted by atomic mass is 32.2. The molecule has 27 heavy (non-hydrogen) atoms. The van der Waals surface area contributed by atoms with Crippen LogP contribution < -0.4 is 10.0 Å². The summed E-state index contributed by atoms with van der Waals surface area (Å²) in [6.45, 7) is 9.65. The van der Waals surface area contributed by atoms with Crippen LogP contribution in [0.4, 0.5) is 0 Å². The molecule has 1 heterocycles. The van der Waals surface area contributed by atoms with Crippen LogP contribution in [0.5, 0.6) is 0 Å². The van der Waals surface area contributed by atoms with Crippen LogP contribution in [-0.4, -0.2) is 77.5 Å². The molecule has 0 aliphatic carbocycles. The second kappa shape index (κ2) is 9.64. The number of carbonyl (C=O) groups is 1. The Kier molecular flexibility index (Phi) is 7.79. The number of aryl methyl sites for hydroxylation is 1. The topological polar surface area (TPSA) is 81.7 Å². The van der Waals surface area contributed by atoms with Crippen LogP contribution in [-0.2, 0) is 10.0 Å². The van der Waals surface area contributed by atoms with Gasteiger partial charge in [-0.15, -0.1) is 0 Å². The van der Waals surface area contributed by atoms with E-state index in [1.807, 2.05) is 6.92 Å². The van der Waals surface area contributed by atoms with E-state index in [1.165, 1.54) is 13.1 Å². The molecule has 1 aliphatic heterocycles. The molecule has 2 N–H and O–H groups in total. The maximum Gasteiger partial charge on any atom is 0.251 e. The van der Waals surface area contributed by atoms with E-state index in [9.17, 15) is 13.2 Å². The van der Waals surface area contributed by atoms with Crippen molar-refractivity contribution in [3.8, 4) is 0 Å². The molecule has 0 saturated carbocycles. The standard InChI is InChI=1S/C19H32N4O3S/c1-15-13-17(14-18(16(15)2)27(25,26)20-3)19(24)21-7-5-6-8-23-11-9-22(4)10-12-23/h13-14,20H,5-12H2,1-4H3,(H,21,24). The summed E-state index contributed by atoms with van der Waals surface area (Å²) in [4.78, 5) is 17.4. The number of rotatable bonds is 8. The van der Waals surface area contributed by atoms with Gasteiger partial charge in [0.15, 0.2) is 0 Å². The Labute approximate surface area is 163 Å². The van der Waals surface area contributed by atoms with Crippen LogP contribution in [0.2, 0.25) is 0 Å². The monoisotopic (exact) mass is 396 g/mol. The van der Waals surface area contributed by atoms with Gasteiger partial charge in [-0.05, 0) is 70.6 Å². The van der Waals surface area contributed by atoms with Gasteiger partial charge in [0, 0.05) is 38.3 Å². The minimum absolute atomic E-state index is 0.158. The first-order valence-corrected chi connectivity index (χ1v) is 11.0. The zero-order valence-electron chi connectivity index (χ0n) is 16.8. The highest BCUT2D eigenvalue weighted by Gasteiger charge is 2.19. The van der Waals surface area contributed by atoms with Crippen LogP contribution in [0.3, 0.4) is 0 Å². The molecule has 1 aliphatic rings. The van der Waals surface area contributed by atoms with E-state index < -0.39 is 10.0 Å². The van der Waals surface area contributed by atoms with Gasteiger partial charge in [-0.25, -0.2) is 13.1 Å². The zero-order chi connectivity index (χ0) is 20.0. The smallest absolute Gasteiger partial charge is 0.251 e. The van der Waals surface area contributed by atoms with Crippen LogP contribution in [0.25, 0.3) is 0 Å². The number of sulfonamides is 1. The third-order valence-electron chi connectivity index (χ3n) is 5.22. The summed E-state index contributed by atoms with van der Waals surface area (Å²) < 4.78 is 26.7. The van der Waals surface area contributed by atoms with Crippen molar-refractivity contribution in [3.63, 3.8) is 0 Å². The predicted molar refractivity (Wildman–Crippen MR) is 108 cm³/mol. The van der Waals surface area contributed by atoms with E-state index in [4.69, 9.17) is 0 Å². The van der Waals surface area contributed by atoms with Crippen molar-refractivity contribution in [2.75, 3.05) is 53.4 Å². The largest absolute Gasteiger partial charge is 0.352 e. The van der Waals surface area contributed by atoms with Crippen LogP contribution in [0.15, 0.2) is 17.0 Å². The number of piperazine rings is 1. The maximum atomic E-state index is 12.4. The molecule has 1 amide bonds. The van der Waals surface area contributed by atoms with Crippen molar-refractivity contribution in [1.29, 1.82) is 0 Å². The Morgan fingerprint density at radius 3 is 2.41 bits per heavy atom. The molecule has 8 heteroatoms. The Morgan fingerprint density at radius 2 is 1.78 bits per heavy atom. The second-order valence-corrected chi connectivity index (χ2v) is 9.09. The minimum Gasteiger partial charge on any atom is -0.352 e. The number of hydrogen-bond acceptors (Lipinski definition) is 5. The number of amides is 1. The lowest BCUT2D eigenvalue weighted by Gasteiger charge is -2.32.